The van der Waals surface area contributed by atoms with Crippen LogP contribution in [0.1, 0.15) is 42.0 Å². The average molecular weight is 443 g/mol. The fourth-order valence-electron chi connectivity index (χ4n) is 4.81. The highest BCUT2D eigenvalue weighted by Crippen LogP contribution is 2.50. The van der Waals surface area contributed by atoms with E-state index in [-0.39, 0.29) is 11.7 Å². The van der Waals surface area contributed by atoms with E-state index in [1.807, 2.05) is 25.1 Å². The number of nitrogens with zero attached hydrogens (tertiary/aromatic N) is 1. The predicted octanol–water partition coefficient (Wildman–Crippen LogP) is 6.40. The van der Waals surface area contributed by atoms with E-state index in [1.54, 1.807) is 12.1 Å². The van der Waals surface area contributed by atoms with Gasteiger partial charge in [-0.1, -0.05) is 24.3 Å². The fourth-order valence-corrected chi connectivity index (χ4v) is 4.81. The number of anilines is 1. The Morgan fingerprint density at radius 1 is 1.00 bits per heavy atom. The molecule has 1 N–H and O–H groups in total. The molecule has 1 aliphatic heterocycles. The number of allylic oxidation sites excluding steroid dienone is 2. The molecule has 0 amide bonds. The zero-order chi connectivity index (χ0) is 22.8. The van der Waals surface area contributed by atoms with Crippen molar-refractivity contribution in [2.45, 2.75) is 31.9 Å². The monoisotopic (exact) mass is 442 g/mol. The quantitative estimate of drug-likeness (QED) is 0.260. The molecule has 0 saturated carbocycles. The van der Waals surface area contributed by atoms with Crippen LogP contribution in [-0.4, -0.2) is 11.5 Å². The van der Waals surface area contributed by atoms with E-state index in [0.29, 0.717) is 25.0 Å². The molecule has 0 radical (unpaired) electrons. The van der Waals surface area contributed by atoms with E-state index in [1.165, 1.54) is 23.3 Å². The van der Waals surface area contributed by atoms with E-state index in [9.17, 15) is 10.1 Å². The summed E-state index contributed by atoms with van der Waals surface area (Å²) in [6, 6.07) is 21.2. The van der Waals surface area contributed by atoms with Gasteiger partial charge in [0.2, 0.25) is 0 Å². The number of fused-ring (bicyclic) bond motifs is 3. The average Bonchev–Trinajstić information content (AvgIpc) is 3.34. The van der Waals surface area contributed by atoms with Crippen LogP contribution in [0.3, 0.4) is 0 Å². The Bertz CT molecular complexity index is 1170. The van der Waals surface area contributed by atoms with Gasteiger partial charge >= 0.3 is 0 Å². The van der Waals surface area contributed by atoms with Crippen LogP contribution in [0, 0.1) is 16.0 Å². The summed E-state index contributed by atoms with van der Waals surface area (Å²) in [6.07, 6.45) is 5.65. The van der Waals surface area contributed by atoms with Crippen LogP contribution in [0.25, 0.3) is 0 Å². The van der Waals surface area contributed by atoms with E-state index in [2.05, 4.69) is 41.7 Å². The summed E-state index contributed by atoms with van der Waals surface area (Å²) in [5.74, 6) is 2.53. The molecule has 3 aromatic rings. The normalized spacial score (nSPS) is 20.5. The summed E-state index contributed by atoms with van der Waals surface area (Å²) < 4.78 is 11.6. The van der Waals surface area contributed by atoms with Crippen LogP contribution >= 0.6 is 0 Å². The molecule has 168 valence electrons. The minimum atomic E-state index is -0.399. The van der Waals surface area contributed by atoms with Gasteiger partial charge in [-0.15, -0.1) is 0 Å². The molecule has 1 aliphatic carbocycles. The van der Waals surface area contributed by atoms with Gasteiger partial charge in [-0.2, -0.15) is 0 Å². The van der Waals surface area contributed by atoms with Crippen molar-refractivity contribution in [3.8, 4) is 11.5 Å². The van der Waals surface area contributed by atoms with Crippen molar-refractivity contribution in [2.75, 3.05) is 11.9 Å². The molecule has 0 saturated heterocycles. The summed E-state index contributed by atoms with van der Waals surface area (Å²) in [7, 11) is 0. The Labute approximate surface area is 193 Å². The number of hydrogen-bond acceptors (Lipinski definition) is 5. The first kappa shape index (κ1) is 21.1. The lowest BCUT2D eigenvalue weighted by Crippen LogP contribution is -2.29. The molecule has 6 heteroatoms. The number of nitro groups is 1. The van der Waals surface area contributed by atoms with Crippen LogP contribution in [-0.2, 0) is 6.61 Å². The van der Waals surface area contributed by atoms with Crippen molar-refractivity contribution in [3.05, 3.63) is 106 Å². The van der Waals surface area contributed by atoms with Crippen molar-refractivity contribution in [1.29, 1.82) is 0 Å². The van der Waals surface area contributed by atoms with Crippen molar-refractivity contribution < 1.29 is 14.4 Å². The smallest absolute Gasteiger partial charge is 0.269 e. The van der Waals surface area contributed by atoms with Gasteiger partial charge in [-0.25, -0.2) is 0 Å². The molecule has 1 heterocycles. The molecule has 0 spiro atoms. The zero-order valence-electron chi connectivity index (χ0n) is 18.4. The van der Waals surface area contributed by atoms with Crippen molar-refractivity contribution in [2.24, 2.45) is 5.92 Å². The number of nitro benzene ring substituents is 1. The minimum absolute atomic E-state index is 0.0819. The highest BCUT2D eigenvalue weighted by Gasteiger charge is 2.38. The summed E-state index contributed by atoms with van der Waals surface area (Å²) >= 11 is 0. The second-order valence-electron chi connectivity index (χ2n) is 8.44. The molecule has 3 aromatic carbocycles. The first-order valence-corrected chi connectivity index (χ1v) is 11.3. The highest BCUT2D eigenvalue weighted by molar-refractivity contribution is 5.61. The Hall–Kier alpha value is -3.80. The summed E-state index contributed by atoms with van der Waals surface area (Å²) in [4.78, 5) is 10.4. The Kier molecular flexibility index (Phi) is 5.73. The molecule has 3 atom stereocenters. The second kappa shape index (κ2) is 8.98. The lowest BCUT2D eigenvalue weighted by atomic mass is 9.77. The Morgan fingerprint density at radius 3 is 2.48 bits per heavy atom. The van der Waals surface area contributed by atoms with Crippen LogP contribution in [0.2, 0.25) is 0 Å². The molecular weight excluding hydrogens is 416 g/mol. The first-order valence-electron chi connectivity index (χ1n) is 11.3. The minimum Gasteiger partial charge on any atom is -0.494 e. The highest BCUT2D eigenvalue weighted by atomic mass is 16.6. The van der Waals surface area contributed by atoms with E-state index in [0.717, 1.165) is 29.2 Å². The second-order valence-corrected chi connectivity index (χ2v) is 8.44. The number of nitrogens with one attached hydrogen (secondary N) is 1. The van der Waals surface area contributed by atoms with Gasteiger partial charge < -0.3 is 14.8 Å². The lowest BCUT2D eigenvalue weighted by molar-refractivity contribution is -0.384. The van der Waals surface area contributed by atoms with Crippen molar-refractivity contribution >= 4 is 11.4 Å². The largest absolute Gasteiger partial charge is 0.494 e. The zero-order valence-corrected chi connectivity index (χ0v) is 18.4. The molecule has 6 nitrogen and oxygen atoms in total. The van der Waals surface area contributed by atoms with Gasteiger partial charge in [0.15, 0.2) is 0 Å². The fraction of sp³-hybridized carbons (Fsp3) is 0.259. The summed E-state index contributed by atoms with van der Waals surface area (Å²) in [5, 5.41) is 14.5. The molecule has 2 aliphatic rings. The molecule has 0 aromatic heterocycles. The Balaban J connectivity index is 1.29. The maximum absolute atomic E-state index is 10.8. The molecule has 0 unspecified atom stereocenters. The maximum Gasteiger partial charge on any atom is 0.269 e. The van der Waals surface area contributed by atoms with E-state index in [4.69, 9.17) is 9.47 Å². The standard InChI is InChI=1S/C27H26N2O4/c1-2-32-22-14-15-26-25(16-22)23-4-3-5-24(23)27(28-26)19-8-12-21(13-9-19)33-17-18-6-10-20(11-7-18)29(30)31/h3-4,6-16,23-24,27-28H,2,5,17H2,1H3/t23-,24+,27+/m1/s1. The van der Waals surface area contributed by atoms with Gasteiger partial charge in [0.1, 0.15) is 18.1 Å². The number of rotatable bonds is 7. The third kappa shape index (κ3) is 4.29. The van der Waals surface area contributed by atoms with Gasteiger partial charge in [0, 0.05) is 23.7 Å². The van der Waals surface area contributed by atoms with Crippen LogP contribution in [0.5, 0.6) is 11.5 Å². The predicted molar refractivity (Wildman–Crippen MR) is 128 cm³/mol. The third-order valence-electron chi connectivity index (χ3n) is 6.44. The van der Waals surface area contributed by atoms with E-state index >= 15 is 0 Å². The summed E-state index contributed by atoms with van der Waals surface area (Å²) in [5.41, 5.74) is 4.67. The number of non-ortho nitro benzene ring substituents is 1. The van der Waals surface area contributed by atoms with Crippen LogP contribution < -0.4 is 14.8 Å². The van der Waals surface area contributed by atoms with Gasteiger partial charge in [0.25, 0.3) is 5.69 Å². The maximum atomic E-state index is 10.8. The molecule has 0 fully saturated rings. The van der Waals surface area contributed by atoms with Crippen LogP contribution in [0.15, 0.2) is 78.9 Å². The number of ether oxygens (including phenoxy) is 2. The number of hydrogen-bond donors (Lipinski definition) is 1. The van der Waals surface area contributed by atoms with Gasteiger partial charge in [0.05, 0.1) is 17.6 Å². The van der Waals surface area contributed by atoms with Crippen LogP contribution in [0.4, 0.5) is 11.4 Å². The molecule has 0 bridgehead atoms. The van der Waals surface area contributed by atoms with Crippen molar-refractivity contribution in [1.82, 2.24) is 0 Å². The van der Waals surface area contributed by atoms with Gasteiger partial charge in [-0.3, -0.25) is 10.1 Å². The summed E-state index contributed by atoms with van der Waals surface area (Å²) in [6.45, 7) is 3.03. The molecule has 33 heavy (non-hydrogen) atoms. The topological polar surface area (TPSA) is 73.6 Å². The first-order chi connectivity index (χ1) is 16.1. The van der Waals surface area contributed by atoms with Gasteiger partial charge in [-0.05, 0) is 78.4 Å². The third-order valence-corrected chi connectivity index (χ3v) is 6.44. The lowest BCUT2D eigenvalue weighted by Gasteiger charge is -2.37. The SMILES string of the molecule is CCOc1ccc2c(c1)[C@@H]1C=CC[C@@H]1[C@H](c1ccc(OCc3ccc([N+](=O)[O-])cc3)cc1)N2. The molecule has 5 rings (SSSR count). The Morgan fingerprint density at radius 2 is 1.76 bits per heavy atom. The van der Waals surface area contributed by atoms with Crippen molar-refractivity contribution in [3.63, 3.8) is 0 Å². The van der Waals surface area contributed by atoms with E-state index < -0.39 is 4.92 Å². The molecular formula is C27H26N2O4. The number of benzene rings is 3.